The van der Waals surface area contributed by atoms with Crippen molar-refractivity contribution in [2.45, 2.75) is 200 Å². The van der Waals surface area contributed by atoms with Crippen LogP contribution in [0.3, 0.4) is 0 Å². The van der Waals surface area contributed by atoms with Crippen molar-refractivity contribution in [1.82, 2.24) is 0 Å². The largest absolute Gasteiger partial charge is 0.756 e. The maximum absolute atomic E-state index is 12.7. The molecule has 56 heavy (non-hydrogen) atoms. The maximum Gasteiger partial charge on any atom is 0.306 e. The van der Waals surface area contributed by atoms with Crippen LogP contribution < -0.4 is 4.89 Å². The number of carbonyl (C=O) groups is 2. The predicted molar refractivity (Wildman–Crippen MR) is 231 cm³/mol. The van der Waals surface area contributed by atoms with Gasteiger partial charge in [-0.25, -0.2) is 0 Å². The number of quaternary nitrogens is 1. The molecule has 0 aromatic carbocycles. The van der Waals surface area contributed by atoms with E-state index >= 15 is 0 Å². The molecule has 0 saturated carbocycles. The van der Waals surface area contributed by atoms with Crippen molar-refractivity contribution >= 4 is 19.8 Å². The maximum atomic E-state index is 12.7. The minimum absolute atomic E-state index is 0.0345. The SMILES string of the molecule is CCCCC/C=C/C/C=C/CCCCCCCC(=O)O[C@H](COC(=O)CCCCCCCCC/C=C/CCCCCCCC)COP(=O)([O-])OCC[N+](C)(C)C. The summed E-state index contributed by atoms with van der Waals surface area (Å²) in [4.78, 5) is 37.5. The number of unbranched alkanes of at least 4 members (excludes halogenated alkanes) is 21. The molecule has 0 aliphatic carbocycles. The van der Waals surface area contributed by atoms with E-state index in [0.717, 1.165) is 70.6 Å². The van der Waals surface area contributed by atoms with E-state index in [0.29, 0.717) is 17.4 Å². The molecule has 0 saturated heterocycles. The first-order valence-electron chi connectivity index (χ1n) is 22.7. The highest BCUT2D eigenvalue weighted by Gasteiger charge is 2.21. The van der Waals surface area contributed by atoms with E-state index in [1.54, 1.807) is 0 Å². The second-order valence-electron chi connectivity index (χ2n) is 16.4. The molecule has 0 radical (unpaired) electrons. The number of hydrogen-bond donors (Lipinski definition) is 0. The average Bonchev–Trinajstić information content (AvgIpc) is 3.15. The van der Waals surface area contributed by atoms with Gasteiger partial charge in [0.05, 0.1) is 27.7 Å². The Balaban J connectivity index is 4.36. The van der Waals surface area contributed by atoms with Crippen molar-refractivity contribution in [3.63, 3.8) is 0 Å². The van der Waals surface area contributed by atoms with Crippen LogP contribution in [-0.4, -0.2) is 70.0 Å². The Bertz CT molecular complexity index is 1050. The lowest BCUT2D eigenvalue weighted by molar-refractivity contribution is -0.870. The molecule has 328 valence electrons. The fraction of sp³-hybridized carbons (Fsp3) is 0.826. The number of carbonyl (C=O) groups excluding carboxylic acids is 2. The highest BCUT2D eigenvalue weighted by Crippen LogP contribution is 2.38. The van der Waals surface area contributed by atoms with Crippen LogP contribution in [-0.2, 0) is 32.7 Å². The monoisotopic (exact) mass is 812 g/mol. The minimum Gasteiger partial charge on any atom is -0.756 e. The lowest BCUT2D eigenvalue weighted by Gasteiger charge is -2.28. The van der Waals surface area contributed by atoms with Crippen LogP contribution in [0.1, 0.15) is 194 Å². The predicted octanol–water partition coefficient (Wildman–Crippen LogP) is 12.3. The van der Waals surface area contributed by atoms with E-state index in [2.05, 4.69) is 50.3 Å². The topological polar surface area (TPSA) is 111 Å². The first kappa shape index (κ1) is 54.2. The molecular formula is C46H86NO8P. The molecule has 0 bridgehead atoms. The van der Waals surface area contributed by atoms with Gasteiger partial charge in [0.1, 0.15) is 19.8 Å². The first-order chi connectivity index (χ1) is 27.0. The fourth-order valence-electron chi connectivity index (χ4n) is 6.03. The first-order valence-corrected chi connectivity index (χ1v) is 24.2. The molecule has 0 spiro atoms. The molecule has 10 heteroatoms. The minimum atomic E-state index is -4.63. The van der Waals surface area contributed by atoms with Crippen LogP contribution in [0.4, 0.5) is 0 Å². The Hall–Kier alpha value is -1.77. The summed E-state index contributed by atoms with van der Waals surface area (Å²) < 4.78 is 33.9. The van der Waals surface area contributed by atoms with E-state index < -0.39 is 32.5 Å². The van der Waals surface area contributed by atoms with Crippen LogP contribution in [0.5, 0.6) is 0 Å². The van der Waals surface area contributed by atoms with Gasteiger partial charge in [0.15, 0.2) is 6.10 Å². The number of rotatable bonds is 41. The number of nitrogens with zero attached hydrogens (tertiary/aromatic N) is 1. The van der Waals surface area contributed by atoms with Gasteiger partial charge >= 0.3 is 11.9 Å². The zero-order valence-electron chi connectivity index (χ0n) is 36.8. The summed E-state index contributed by atoms with van der Waals surface area (Å²) in [6.07, 6.45) is 43.1. The number of phosphoric acid groups is 1. The molecule has 0 rings (SSSR count). The van der Waals surface area contributed by atoms with Crippen LogP contribution in [0.2, 0.25) is 0 Å². The molecule has 0 aromatic heterocycles. The van der Waals surface area contributed by atoms with Gasteiger partial charge in [-0.1, -0.05) is 147 Å². The number of likely N-dealkylation sites (N-methyl/N-ethyl adjacent to an activating group) is 1. The third-order valence-corrected chi connectivity index (χ3v) is 10.6. The lowest BCUT2D eigenvalue weighted by Crippen LogP contribution is -2.37. The van der Waals surface area contributed by atoms with Crippen LogP contribution in [0, 0.1) is 0 Å². The average molecular weight is 812 g/mol. The van der Waals surface area contributed by atoms with Gasteiger partial charge < -0.3 is 27.9 Å². The third kappa shape index (κ3) is 41.9. The molecule has 0 amide bonds. The van der Waals surface area contributed by atoms with Gasteiger partial charge in [-0.05, 0) is 70.6 Å². The zero-order chi connectivity index (χ0) is 41.4. The van der Waals surface area contributed by atoms with Gasteiger partial charge in [-0.3, -0.25) is 14.2 Å². The van der Waals surface area contributed by atoms with Gasteiger partial charge in [-0.15, -0.1) is 0 Å². The van der Waals surface area contributed by atoms with Crippen molar-refractivity contribution in [1.29, 1.82) is 0 Å². The van der Waals surface area contributed by atoms with Crippen LogP contribution >= 0.6 is 7.82 Å². The van der Waals surface area contributed by atoms with E-state index in [4.69, 9.17) is 18.5 Å². The Morgan fingerprint density at radius 1 is 0.554 bits per heavy atom. The summed E-state index contributed by atoms with van der Waals surface area (Å²) >= 11 is 0. The number of hydrogen-bond acceptors (Lipinski definition) is 8. The molecule has 2 atom stereocenters. The standard InChI is InChI=1S/C46H86NO8P/c1-6-8-10-12-14-16-18-20-22-23-25-26-28-30-32-34-36-38-45(48)52-42-44(43-54-56(50,51)53-41-40-47(3,4)5)55-46(49)39-37-35-33-31-29-27-24-21-19-17-15-13-11-9-7-2/h15,17,20-22,24,44H,6-14,16,18-19,23,25-43H2,1-5H3/b17-15+,22-20+,24-21+/t44-/m1/s1. The molecule has 0 fully saturated rings. The normalized spacial score (nSPS) is 13.9. The molecular weight excluding hydrogens is 725 g/mol. The fourth-order valence-corrected chi connectivity index (χ4v) is 6.76. The highest BCUT2D eigenvalue weighted by atomic mass is 31.2. The van der Waals surface area contributed by atoms with Gasteiger partial charge in [0.2, 0.25) is 0 Å². The van der Waals surface area contributed by atoms with Crippen molar-refractivity contribution in [3.8, 4) is 0 Å². The van der Waals surface area contributed by atoms with Crippen LogP contribution in [0.15, 0.2) is 36.5 Å². The van der Waals surface area contributed by atoms with E-state index in [-0.39, 0.29) is 26.1 Å². The molecule has 1 unspecified atom stereocenters. The Morgan fingerprint density at radius 2 is 0.964 bits per heavy atom. The molecule has 9 nitrogen and oxygen atoms in total. The number of allylic oxidation sites excluding steroid dienone is 6. The van der Waals surface area contributed by atoms with E-state index in [9.17, 15) is 19.0 Å². The van der Waals surface area contributed by atoms with E-state index in [1.807, 2.05) is 21.1 Å². The second kappa shape index (κ2) is 38.7. The number of phosphoric ester groups is 1. The molecule has 0 heterocycles. The van der Waals surface area contributed by atoms with E-state index in [1.165, 1.54) is 89.9 Å². The molecule has 0 aromatic rings. The van der Waals surface area contributed by atoms with Crippen LogP contribution in [0.25, 0.3) is 0 Å². The number of esters is 2. The molecule has 0 aliphatic rings. The third-order valence-electron chi connectivity index (χ3n) is 9.63. The summed E-state index contributed by atoms with van der Waals surface area (Å²) in [6, 6.07) is 0. The summed E-state index contributed by atoms with van der Waals surface area (Å²) in [6.45, 7) is 4.18. The molecule has 0 N–H and O–H groups in total. The Labute approximate surface area is 344 Å². The summed E-state index contributed by atoms with van der Waals surface area (Å²) in [5.41, 5.74) is 0. The van der Waals surface area contributed by atoms with Crippen molar-refractivity contribution in [2.24, 2.45) is 0 Å². The highest BCUT2D eigenvalue weighted by molar-refractivity contribution is 7.45. The number of ether oxygens (including phenoxy) is 2. The van der Waals surface area contributed by atoms with Gasteiger partial charge in [0.25, 0.3) is 7.82 Å². The smallest absolute Gasteiger partial charge is 0.306 e. The van der Waals surface area contributed by atoms with Gasteiger partial charge in [-0.2, -0.15) is 0 Å². The van der Waals surface area contributed by atoms with Crippen molar-refractivity contribution in [3.05, 3.63) is 36.5 Å². The summed E-state index contributed by atoms with van der Waals surface area (Å²) in [5, 5.41) is 0. The Morgan fingerprint density at radius 3 is 1.46 bits per heavy atom. The van der Waals surface area contributed by atoms with Crippen molar-refractivity contribution in [2.75, 3.05) is 47.5 Å². The lowest BCUT2D eigenvalue weighted by atomic mass is 10.1. The Kier molecular flexibility index (Phi) is 37.5. The summed E-state index contributed by atoms with van der Waals surface area (Å²) in [7, 11) is 1.15. The summed E-state index contributed by atoms with van der Waals surface area (Å²) in [5.74, 6) is -0.854. The van der Waals surface area contributed by atoms with Gasteiger partial charge in [0, 0.05) is 12.8 Å². The second-order valence-corrected chi connectivity index (χ2v) is 17.8. The quantitative estimate of drug-likeness (QED) is 0.0197. The zero-order valence-corrected chi connectivity index (χ0v) is 37.7. The van der Waals surface area contributed by atoms with Crippen molar-refractivity contribution < 1.29 is 42.1 Å². The molecule has 0 aliphatic heterocycles.